The summed E-state index contributed by atoms with van der Waals surface area (Å²) in [5.74, 6) is 1.06. The van der Waals surface area contributed by atoms with Gasteiger partial charge in [0, 0.05) is 58.0 Å². The molecular weight excluding hydrogens is 344 g/mol. The summed E-state index contributed by atoms with van der Waals surface area (Å²) >= 11 is 0. The van der Waals surface area contributed by atoms with E-state index in [0.29, 0.717) is 25.6 Å². The highest BCUT2D eigenvalue weighted by Gasteiger charge is 2.26. The number of rotatable bonds is 4. The van der Waals surface area contributed by atoms with Gasteiger partial charge in [-0.2, -0.15) is 5.10 Å². The molecule has 2 saturated heterocycles. The lowest BCUT2D eigenvalue weighted by Gasteiger charge is -2.35. The van der Waals surface area contributed by atoms with Crippen LogP contribution in [0.2, 0.25) is 0 Å². The van der Waals surface area contributed by atoms with Gasteiger partial charge in [-0.1, -0.05) is 0 Å². The molecule has 0 radical (unpaired) electrons. The highest BCUT2D eigenvalue weighted by molar-refractivity contribution is 5.81. The smallest absolute Gasteiger partial charge is 0.224 e. The van der Waals surface area contributed by atoms with Gasteiger partial charge < -0.3 is 19.9 Å². The van der Waals surface area contributed by atoms with Gasteiger partial charge in [0.1, 0.15) is 6.10 Å². The standard InChI is InChI=1S/C19H32N6O2/c1-15-6-4-5-9-25(15)18(26)7-8-21-19(20-2)24-10-11-27-17(14-24)16-12-22-23(3)13-16/h12-13,15,17H,4-11,14H2,1-3H3,(H,20,21). The molecule has 1 N–H and O–H groups in total. The molecule has 0 saturated carbocycles. The number of aliphatic imine (C=N–C) groups is 1. The van der Waals surface area contributed by atoms with Crippen molar-refractivity contribution in [2.24, 2.45) is 12.0 Å². The summed E-state index contributed by atoms with van der Waals surface area (Å²) in [7, 11) is 3.69. The van der Waals surface area contributed by atoms with Crippen LogP contribution in [-0.2, 0) is 16.6 Å². The molecule has 8 nitrogen and oxygen atoms in total. The van der Waals surface area contributed by atoms with Crippen molar-refractivity contribution >= 4 is 11.9 Å². The Bertz CT molecular complexity index is 658. The van der Waals surface area contributed by atoms with E-state index in [-0.39, 0.29) is 12.0 Å². The number of aromatic nitrogens is 2. The largest absolute Gasteiger partial charge is 0.370 e. The quantitative estimate of drug-likeness (QED) is 0.630. The second kappa shape index (κ2) is 9.21. The van der Waals surface area contributed by atoms with Crippen LogP contribution in [0, 0.1) is 0 Å². The van der Waals surface area contributed by atoms with Crippen molar-refractivity contribution in [3.63, 3.8) is 0 Å². The first-order valence-corrected chi connectivity index (χ1v) is 9.93. The lowest BCUT2D eigenvalue weighted by Crippen LogP contribution is -2.49. The van der Waals surface area contributed by atoms with E-state index in [1.165, 1.54) is 6.42 Å². The van der Waals surface area contributed by atoms with Crippen molar-refractivity contribution in [1.29, 1.82) is 0 Å². The van der Waals surface area contributed by atoms with E-state index in [4.69, 9.17) is 4.74 Å². The molecule has 8 heteroatoms. The average molecular weight is 377 g/mol. The molecule has 2 unspecified atom stereocenters. The third-order valence-electron chi connectivity index (χ3n) is 5.42. The Morgan fingerprint density at radius 3 is 2.96 bits per heavy atom. The lowest BCUT2D eigenvalue weighted by molar-refractivity contribution is -0.134. The number of carbonyl (C=O) groups is 1. The Kier molecular flexibility index (Phi) is 6.71. The number of likely N-dealkylation sites (tertiary alicyclic amines) is 1. The maximum absolute atomic E-state index is 12.5. The molecule has 1 amide bonds. The van der Waals surface area contributed by atoms with E-state index < -0.39 is 0 Å². The summed E-state index contributed by atoms with van der Waals surface area (Å²) in [6.07, 6.45) is 7.79. The average Bonchev–Trinajstić information content (AvgIpc) is 3.12. The first kappa shape index (κ1) is 19.7. The summed E-state index contributed by atoms with van der Waals surface area (Å²) in [4.78, 5) is 21.1. The van der Waals surface area contributed by atoms with Crippen LogP contribution < -0.4 is 5.32 Å². The predicted octanol–water partition coefficient (Wildman–Crippen LogP) is 1.16. The van der Waals surface area contributed by atoms with Crippen LogP contribution in [0.1, 0.15) is 44.3 Å². The molecule has 2 fully saturated rings. The predicted molar refractivity (Wildman–Crippen MR) is 104 cm³/mol. The number of morpholine rings is 1. The Hall–Kier alpha value is -2.09. The van der Waals surface area contributed by atoms with Crippen molar-refractivity contribution in [1.82, 2.24) is 24.9 Å². The number of piperidine rings is 1. The molecule has 0 aliphatic carbocycles. The van der Waals surface area contributed by atoms with Crippen LogP contribution in [0.25, 0.3) is 0 Å². The molecule has 0 bridgehead atoms. The molecular formula is C19H32N6O2. The summed E-state index contributed by atoms with van der Waals surface area (Å²) in [5.41, 5.74) is 1.08. The van der Waals surface area contributed by atoms with E-state index in [2.05, 4.69) is 27.2 Å². The zero-order chi connectivity index (χ0) is 19.2. The van der Waals surface area contributed by atoms with Gasteiger partial charge in [0.25, 0.3) is 0 Å². The van der Waals surface area contributed by atoms with Crippen LogP contribution in [0.15, 0.2) is 17.4 Å². The number of amides is 1. The van der Waals surface area contributed by atoms with Crippen molar-refractivity contribution in [3.8, 4) is 0 Å². The Morgan fingerprint density at radius 2 is 2.26 bits per heavy atom. The van der Waals surface area contributed by atoms with E-state index >= 15 is 0 Å². The summed E-state index contributed by atoms with van der Waals surface area (Å²) in [5, 5.41) is 7.58. The molecule has 3 rings (SSSR count). The van der Waals surface area contributed by atoms with Crippen molar-refractivity contribution in [2.45, 2.75) is 44.8 Å². The summed E-state index contributed by atoms with van der Waals surface area (Å²) < 4.78 is 7.69. The van der Waals surface area contributed by atoms with Gasteiger partial charge in [-0.25, -0.2) is 0 Å². The van der Waals surface area contributed by atoms with Crippen LogP contribution in [0.3, 0.4) is 0 Å². The number of guanidine groups is 1. The van der Waals surface area contributed by atoms with Crippen LogP contribution >= 0.6 is 0 Å². The summed E-state index contributed by atoms with van der Waals surface area (Å²) in [6, 6.07) is 0.366. The van der Waals surface area contributed by atoms with Crippen molar-refractivity contribution in [2.75, 3.05) is 39.8 Å². The molecule has 0 spiro atoms. The summed E-state index contributed by atoms with van der Waals surface area (Å²) in [6.45, 7) is 5.80. The molecule has 2 aliphatic rings. The van der Waals surface area contributed by atoms with E-state index in [9.17, 15) is 4.79 Å². The number of hydrogen-bond acceptors (Lipinski definition) is 4. The first-order chi connectivity index (χ1) is 13.1. The van der Waals surface area contributed by atoms with Gasteiger partial charge >= 0.3 is 0 Å². The third-order valence-corrected chi connectivity index (χ3v) is 5.42. The van der Waals surface area contributed by atoms with Crippen molar-refractivity contribution in [3.05, 3.63) is 18.0 Å². The van der Waals surface area contributed by atoms with Gasteiger partial charge in [-0.15, -0.1) is 0 Å². The molecule has 1 aromatic heterocycles. The second-order valence-corrected chi connectivity index (χ2v) is 7.41. The fourth-order valence-corrected chi connectivity index (χ4v) is 3.88. The maximum atomic E-state index is 12.5. The highest BCUT2D eigenvalue weighted by Crippen LogP contribution is 2.21. The van der Waals surface area contributed by atoms with Gasteiger partial charge in [0.15, 0.2) is 5.96 Å². The van der Waals surface area contributed by atoms with Crippen LogP contribution in [0.4, 0.5) is 0 Å². The second-order valence-electron chi connectivity index (χ2n) is 7.41. The SMILES string of the molecule is CN=C(NCCC(=O)N1CCCCC1C)N1CCOC(c2cnn(C)c2)C1. The Morgan fingerprint density at radius 1 is 1.41 bits per heavy atom. The highest BCUT2D eigenvalue weighted by atomic mass is 16.5. The minimum Gasteiger partial charge on any atom is -0.370 e. The number of aryl methyl sites for hydroxylation is 1. The number of hydrogen-bond donors (Lipinski definition) is 1. The topological polar surface area (TPSA) is 75.0 Å². The number of carbonyl (C=O) groups excluding carboxylic acids is 1. The van der Waals surface area contributed by atoms with Gasteiger partial charge in [0.05, 0.1) is 19.3 Å². The van der Waals surface area contributed by atoms with Gasteiger partial charge in [-0.05, 0) is 26.2 Å². The van der Waals surface area contributed by atoms with Crippen LogP contribution in [-0.4, -0.2) is 77.3 Å². The normalized spacial score (nSPS) is 24.2. The van der Waals surface area contributed by atoms with E-state index in [1.54, 1.807) is 11.7 Å². The fraction of sp³-hybridized carbons (Fsp3) is 0.737. The molecule has 0 aromatic carbocycles. The molecule has 2 atom stereocenters. The number of nitrogens with zero attached hydrogens (tertiary/aromatic N) is 5. The van der Waals surface area contributed by atoms with E-state index in [1.807, 2.05) is 24.3 Å². The lowest BCUT2D eigenvalue weighted by atomic mass is 10.0. The number of nitrogens with one attached hydrogen (secondary N) is 1. The van der Waals surface area contributed by atoms with Gasteiger partial charge in [-0.3, -0.25) is 14.5 Å². The van der Waals surface area contributed by atoms with Gasteiger partial charge in [0.2, 0.25) is 5.91 Å². The van der Waals surface area contributed by atoms with Crippen molar-refractivity contribution < 1.29 is 9.53 Å². The zero-order valence-corrected chi connectivity index (χ0v) is 16.7. The Balaban J connectivity index is 1.49. The van der Waals surface area contributed by atoms with E-state index in [0.717, 1.165) is 44.0 Å². The zero-order valence-electron chi connectivity index (χ0n) is 16.7. The van der Waals surface area contributed by atoms with Crippen LogP contribution in [0.5, 0.6) is 0 Å². The first-order valence-electron chi connectivity index (χ1n) is 9.93. The molecule has 1 aromatic rings. The third kappa shape index (κ3) is 5.00. The molecule has 27 heavy (non-hydrogen) atoms. The molecule has 150 valence electrons. The Labute approximate surface area is 161 Å². The number of ether oxygens (including phenoxy) is 1. The monoisotopic (exact) mass is 376 g/mol. The fourth-order valence-electron chi connectivity index (χ4n) is 3.88. The molecule has 3 heterocycles. The maximum Gasteiger partial charge on any atom is 0.224 e. The molecule has 2 aliphatic heterocycles. The minimum atomic E-state index is -0.0122. The minimum absolute atomic E-state index is 0.0122.